The van der Waals surface area contributed by atoms with Crippen molar-refractivity contribution in [1.29, 1.82) is 0 Å². The van der Waals surface area contributed by atoms with Gasteiger partial charge in [0, 0.05) is 5.56 Å². The molecule has 0 N–H and O–H groups in total. The number of hydrogen-bond acceptors (Lipinski definition) is 4. The Morgan fingerprint density at radius 3 is 2.05 bits per heavy atom. The fourth-order valence-corrected chi connectivity index (χ4v) is 5.41. The highest BCUT2D eigenvalue weighted by Gasteiger charge is 2.44. The summed E-state index contributed by atoms with van der Waals surface area (Å²) in [5.41, 5.74) is 1.10. The van der Waals surface area contributed by atoms with Crippen LogP contribution in [0.25, 0.3) is 11.4 Å². The van der Waals surface area contributed by atoms with E-state index in [2.05, 4.69) is 27.7 Å². The Morgan fingerprint density at radius 1 is 0.895 bits per heavy atom. The molecule has 0 radical (unpaired) electrons. The molecule has 11 heteroatoms. The predicted molar refractivity (Wildman–Crippen MR) is 125 cm³/mol. The van der Waals surface area contributed by atoms with Crippen LogP contribution in [-0.4, -0.2) is 22.4 Å². The Hall–Kier alpha value is -2.85. The van der Waals surface area contributed by atoms with Crippen molar-refractivity contribution >= 4 is 0 Å². The van der Waals surface area contributed by atoms with Gasteiger partial charge in [-0.15, -0.1) is 13.2 Å². The zero-order chi connectivity index (χ0) is 27.5. The topological polar surface area (TPSA) is 44.2 Å². The lowest BCUT2D eigenvalue weighted by atomic mass is 9.74. The maximum atomic E-state index is 14.9. The zero-order valence-corrected chi connectivity index (χ0v) is 20.8. The molecule has 2 aliphatic rings. The molecule has 0 spiro atoms. The van der Waals surface area contributed by atoms with Gasteiger partial charge in [-0.3, -0.25) is 0 Å². The summed E-state index contributed by atoms with van der Waals surface area (Å²) in [6, 6.07) is 1.11. The molecule has 2 aromatic rings. The van der Waals surface area contributed by atoms with Gasteiger partial charge in [0.15, 0.2) is 23.2 Å². The molecule has 1 fully saturated rings. The van der Waals surface area contributed by atoms with E-state index in [1.807, 2.05) is 0 Å². The second kappa shape index (κ2) is 11.5. The number of alkyl halides is 5. The Kier molecular flexibility index (Phi) is 8.52. The number of rotatable bonds is 8. The fraction of sp³-hybridized carbons (Fsp3) is 0.556. The molecule has 0 aliphatic heterocycles. The molecule has 2 aliphatic carbocycles. The fourth-order valence-electron chi connectivity index (χ4n) is 5.41. The van der Waals surface area contributed by atoms with E-state index in [0.29, 0.717) is 43.7 Å². The highest BCUT2D eigenvalue weighted by molar-refractivity contribution is 5.57. The summed E-state index contributed by atoms with van der Waals surface area (Å²) in [6.45, 7) is 2.18. The van der Waals surface area contributed by atoms with Gasteiger partial charge in [0.1, 0.15) is 0 Å². The highest BCUT2D eigenvalue weighted by Crippen LogP contribution is 2.44. The van der Waals surface area contributed by atoms with Crippen molar-refractivity contribution < 1.29 is 40.2 Å². The van der Waals surface area contributed by atoms with Crippen LogP contribution in [0.1, 0.15) is 64.7 Å². The molecule has 1 atom stereocenters. The first-order chi connectivity index (χ1) is 17.9. The van der Waals surface area contributed by atoms with Crippen molar-refractivity contribution in [2.75, 3.05) is 0 Å². The summed E-state index contributed by atoms with van der Waals surface area (Å²) in [5.74, 6) is -5.39. The zero-order valence-electron chi connectivity index (χ0n) is 20.8. The van der Waals surface area contributed by atoms with E-state index in [4.69, 9.17) is 4.74 Å². The van der Waals surface area contributed by atoms with Crippen LogP contribution in [0.5, 0.6) is 11.5 Å². The van der Waals surface area contributed by atoms with Crippen LogP contribution in [-0.2, 0) is 0 Å². The van der Waals surface area contributed by atoms with Crippen LogP contribution in [0.4, 0.5) is 30.7 Å². The van der Waals surface area contributed by atoms with Crippen molar-refractivity contribution in [1.82, 2.24) is 9.97 Å². The van der Waals surface area contributed by atoms with Crippen LogP contribution in [0.2, 0.25) is 0 Å². The quantitative estimate of drug-likeness (QED) is 0.246. The van der Waals surface area contributed by atoms with Gasteiger partial charge in [0.25, 0.3) is 0 Å². The minimum absolute atomic E-state index is 0.292. The second-order valence-corrected chi connectivity index (χ2v) is 9.98. The van der Waals surface area contributed by atoms with Gasteiger partial charge in [0.2, 0.25) is 5.75 Å². The Bertz CT molecular complexity index is 1100. The van der Waals surface area contributed by atoms with E-state index in [0.717, 1.165) is 31.2 Å². The molecule has 0 bridgehead atoms. The van der Waals surface area contributed by atoms with Gasteiger partial charge in [0.05, 0.1) is 18.3 Å². The SMILES string of the molecule is CCCC1CC=C(C2CCC(C(F)(F)Oc3cnc(-c4cc(F)c(OC(F)(F)F)c(F)c4)nc3)CC2)CC1. The van der Waals surface area contributed by atoms with Crippen molar-refractivity contribution in [3.8, 4) is 22.9 Å². The number of hydrogen-bond donors (Lipinski definition) is 0. The number of halogens is 7. The second-order valence-electron chi connectivity index (χ2n) is 9.98. The molecule has 1 unspecified atom stereocenters. The van der Waals surface area contributed by atoms with Crippen LogP contribution in [0.3, 0.4) is 0 Å². The van der Waals surface area contributed by atoms with E-state index in [-0.39, 0.29) is 17.1 Å². The molecule has 208 valence electrons. The number of benzene rings is 1. The normalized spacial score (nSPS) is 22.6. The lowest BCUT2D eigenvalue weighted by molar-refractivity contribution is -0.276. The lowest BCUT2D eigenvalue weighted by Crippen LogP contribution is -2.37. The van der Waals surface area contributed by atoms with Crippen LogP contribution in [0.15, 0.2) is 36.2 Å². The predicted octanol–water partition coefficient (Wildman–Crippen LogP) is 8.63. The van der Waals surface area contributed by atoms with Gasteiger partial charge < -0.3 is 9.47 Å². The van der Waals surface area contributed by atoms with Gasteiger partial charge in [-0.1, -0.05) is 31.4 Å². The molecular weight excluding hydrogens is 517 g/mol. The van der Waals surface area contributed by atoms with Crippen LogP contribution >= 0.6 is 0 Å². The van der Waals surface area contributed by atoms with Crippen LogP contribution < -0.4 is 9.47 Å². The lowest BCUT2D eigenvalue weighted by Gasteiger charge is -2.35. The van der Waals surface area contributed by atoms with Gasteiger partial charge in [-0.05, 0) is 68.9 Å². The van der Waals surface area contributed by atoms with Crippen LogP contribution in [0, 0.1) is 29.4 Å². The minimum atomic E-state index is -5.28. The molecule has 0 saturated heterocycles. The monoisotopic (exact) mass is 546 g/mol. The smallest absolute Gasteiger partial charge is 0.429 e. The molecule has 1 saturated carbocycles. The van der Waals surface area contributed by atoms with Crippen molar-refractivity contribution in [3.63, 3.8) is 0 Å². The summed E-state index contributed by atoms with van der Waals surface area (Å²) in [5, 5.41) is 0. The summed E-state index contributed by atoms with van der Waals surface area (Å²) < 4.78 is 103. The number of allylic oxidation sites excluding steroid dienone is 2. The maximum absolute atomic E-state index is 14.9. The van der Waals surface area contributed by atoms with Gasteiger partial charge in [-0.2, -0.15) is 8.78 Å². The highest BCUT2D eigenvalue weighted by atomic mass is 19.4. The largest absolute Gasteiger partial charge is 0.573 e. The maximum Gasteiger partial charge on any atom is 0.573 e. The van der Waals surface area contributed by atoms with Gasteiger partial charge in [-0.25, -0.2) is 18.7 Å². The molecule has 4 rings (SSSR count). The van der Waals surface area contributed by atoms with E-state index in [1.165, 1.54) is 24.8 Å². The summed E-state index contributed by atoms with van der Waals surface area (Å²) in [6.07, 6.45) is 3.09. The molecule has 38 heavy (non-hydrogen) atoms. The van der Waals surface area contributed by atoms with E-state index in [9.17, 15) is 30.7 Å². The summed E-state index contributed by atoms with van der Waals surface area (Å²) in [7, 11) is 0. The first kappa shape index (κ1) is 28.2. The third kappa shape index (κ3) is 6.96. The first-order valence-electron chi connectivity index (χ1n) is 12.8. The molecule has 1 aromatic carbocycles. The Morgan fingerprint density at radius 2 is 1.53 bits per heavy atom. The number of ether oxygens (including phenoxy) is 2. The number of aromatic nitrogens is 2. The summed E-state index contributed by atoms with van der Waals surface area (Å²) in [4.78, 5) is 7.57. The van der Waals surface area contributed by atoms with E-state index < -0.39 is 35.8 Å². The molecule has 1 aromatic heterocycles. The van der Waals surface area contributed by atoms with Gasteiger partial charge >= 0.3 is 12.5 Å². The van der Waals surface area contributed by atoms with E-state index in [1.54, 1.807) is 0 Å². The summed E-state index contributed by atoms with van der Waals surface area (Å²) >= 11 is 0. The third-order valence-corrected chi connectivity index (χ3v) is 7.33. The standard InChI is InChI=1S/C27H29F7N2O2/c1-2-3-16-4-6-17(7-5-16)18-8-10-20(11-9-18)26(30,31)37-21-14-35-25(36-15-21)19-12-22(28)24(23(29)13-19)38-27(32,33)34/h6,12-16,18,20H,2-5,7-11H2,1H3. The number of nitrogens with zero attached hydrogens (tertiary/aromatic N) is 2. The minimum Gasteiger partial charge on any atom is -0.429 e. The molecule has 4 nitrogen and oxygen atoms in total. The third-order valence-electron chi connectivity index (χ3n) is 7.33. The average Bonchev–Trinajstić information content (AvgIpc) is 2.87. The molecule has 0 amide bonds. The Labute approximate surface area is 216 Å². The average molecular weight is 547 g/mol. The molecule has 1 heterocycles. The first-order valence-corrected chi connectivity index (χ1v) is 12.8. The van der Waals surface area contributed by atoms with E-state index >= 15 is 0 Å². The van der Waals surface area contributed by atoms with Crippen molar-refractivity contribution in [3.05, 3.63) is 47.8 Å². The Balaban J connectivity index is 1.35. The van der Waals surface area contributed by atoms with Crippen molar-refractivity contribution in [2.24, 2.45) is 17.8 Å². The molecular formula is C27H29F7N2O2. The van der Waals surface area contributed by atoms with Crippen molar-refractivity contribution in [2.45, 2.75) is 77.2 Å².